The van der Waals surface area contributed by atoms with Crippen LogP contribution in [0, 0.1) is 5.21 Å². The first-order valence-corrected chi connectivity index (χ1v) is 9.77. The van der Waals surface area contributed by atoms with Gasteiger partial charge in [0.15, 0.2) is 17.4 Å². The Bertz CT molecular complexity index is 767. The van der Waals surface area contributed by atoms with Crippen molar-refractivity contribution in [1.29, 1.82) is 0 Å². The van der Waals surface area contributed by atoms with Crippen molar-refractivity contribution in [3.8, 4) is 0 Å². The lowest BCUT2D eigenvalue weighted by atomic mass is 10.0. The molecule has 0 saturated carbocycles. The molecule has 0 amide bonds. The number of halogens is 1. The Hall–Kier alpha value is -1.97. The summed E-state index contributed by atoms with van der Waals surface area (Å²) in [5, 5.41) is 16.8. The summed E-state index contributed by atoms with van der Waals surface area (Å²) in [4.78, 5) is 21.7. The summed E-state index contributed by atoms with van der Waals surface area (Å²) in [6.45, 7) is 4.47. The Morgan fingerprint density at radius 3 is 3.00 bits per heavy atom. The van der Waals surface area contributed by atoms with Crippen molar-refractivity contribution in [3.63, 3.8) is 0 Å². The van der Waals surface area contributed by atoms with Crippen molar-refractivity contribution in [2.45, 2.75) is 45.3 Å². The van der Waals surface area contributed by atoms with Gasteiger partial charge in [-0.15, -0.1) is 0 Å². The van der Waals surface area contributed by atoms with Gasteiger partial charge in [0.2, 0.25) is 5.90 Å². The molecule has 3 atom stereocenters. The molecule has 146 valence electrons. The lowest BCUT2D eigenvalue weighted by molar-refractivity contribution is -0.796. The number of quaternary nitrogens is 1. The Kier molecular flexibility index (Phi) is 6.46. The molecule has 27 heavy (non-hydrogen) atoms. The normalized spacial score (nSPS) is 23.8. The van der Waals surface area contributed by atoms with E-state index in [1.165, 1.54) is 0 Å². The van der Waals surface area contributed by atoms with Crippen molar-refractivity contribution >= 4 is 44.9 Å². The molecular formula is C18H22BrN3O5. The standard InChI is InChI=1S/C18H22BrN3O5/c1-3-7-26-17-16(10-12-9-14(21-27-12)18(23)25-4-2)22(24)15-8-11(19)5-6-13(15)20-17/h5-6,8,12,16,22H,3-4,7,9-10H2,1-2H3. The zero-order valence-corrected chi connectivity index (χ0v) is 16.8. The topological polar surface area (TPSA) is 97.0 Å². The Balaban J connectivity index is 1.76. The molecule has 9 heteroatoms. The van der Waals surface area contributed by atoms with Crippen molar-refractivity contribution in [2.24, 2.45) is 10.1 Å². The first-order valence-electron chi connectivity index (χ1n) is 8.98. The van der Waals surface area contributed by atoms with Crippen LogP contribution in [0.4, 0.5) is 11.4 Å². The first kappa shape index (κ1) is 19.8. The number of oxime groups is 1. The molecule has 0 fully saturated rings. The minimum atomic E-state index is -0.569. The maximum Gasteiger partial charge on any atom is 0.356 e. The molecule has 0 saturated heterocycles. The van der Waals surface area contributed by atoms with Crippen molar-refractivity contribution in [1.82, 2.24) is 0 Å². The predicted molar refractivity (Wildman–Crippen MR) is 103 cm³/mol. The predicted octanol–water partition coefficient (Wildman–Crippen LogP) is 2.40. The molecular weight excluding hydrogens is 418 g/mol. The average molecular weight is 440 g/mol. The summed E-state index contributed by atoms with van der Waals surface area (Å²) >= 11 is 3.40. The van der Waals surface area contributed by atoms with E-state index in [1.807, 2.05) is 13.0 Å². The van der Waals surface area contributed by atoms with E-state index in [1.54, 1.807) is 19.1 Å². The van der Waals surface area contributed by atoms with Crippen LogP contribution in [0.1, 0.15) is 33.1 Å². The molecule has 1 N–H and O–H groups in total. The second-order valence-electron chi connectivity index (χ2n) is 6.30. The quantitative estimate of drug-likeness (QED) is 0.541. The third-order valence-electron chi connectivity index (χ3n) is 4.27. The zero-order valence-electron chi connectivity index (χ0n) is 15.2. The van der Waals surface area contributed by atoms with Gasteiger partial charge < -0.3 is 24.6 Å². The highest BCUT2D eigenvalue weighted by Crippen LogP contribution is 2.30. The molecule has 2 heterocycles. The van der Waals surface area contributed by atoms with Gasteiger partial charge in [0, 0.05) is 23.4 Å². The van der Waals surface area contributed by atoms with E-state index in [9.17, 15) is 10.0 Å². The van der Waals surface area contributed by atoms with Gasteiger partial charge in [0.05, 0.1) is 13.2 Å². The summed E-state index contributed by atoms with van der Waals surface area (Å²) in [5.74, 6) is -0.0924. The molecule has 0 bridgehead atoms. The van der Waals surface area contributed by atoms with E-state index in [2.05, 4.69) is 26.1 Å². The minimum Gasteiger partial charge on any atom is -0.628 e. The molecule has 2 aliphatic heterocycles. The fraction of sp³-hybridized carbons (Fsp3) is 0.500. The number of fused-ring (bicyclic) bond motifs is 1. The Morgan fingerprint density at radius 1 is 1.44 bits per heavy atom. The average Bonchev–Trinajstić information content (AvgIpc) is 3.12. The second-order valence-corrected chi connectivity index (χ2v) is 7.22. The largest absolute Gasteiger partial charge is 0.628 e. The number of carbonyl (C=O) groups excluding carboxylic acids is 1. The minimum absolute atomic E-state index is 0.0689. The van der Waals surface area contributed by atoms with Crippen LogP contribution in [0.15, 0.2) is 32.8 Å². The number of hydrogen-bond acceptors (Lipinski definition) is 7. The van der Waals surface area contributed by atoms with Gasteiger partial charge in [-0.2, -0.15) is 0 Å². The number of benzene rings is 1. The highest BCUT2D eigenvalue weighted by Gasteiger charge is 2.38. The molecule has 0 spiro atoms. The molecule has 1 aromatic carbocycles. The smallest absolute Gasteiger partial charge is 0.356 e. The number of carbonyl (C=O) groups is 1. The van der Waals surface area contributed by atoms with Crippen LogP contribution in [-0.2, 0) is 19.1 Å². The number of nitrogens with one attached hydrogen (secondary N) is 1. The number of hydroxylamine groups is 1. The summed E-state index contributed by atoms with van der Waals surface area (Å²) in [7, 11) is 0. The monoisotopic (exact) mass is 439 g/mol. The third-order valence-corrected chi connectivity index (χ3v) is 4.76. The van der Waals surface area contributed by atoms with Crippen LogP contribution in [0.25, 0.3) is 0 Å². The molecule has 8 nitrogen and oxygen atoms in total. The van der Waals surface area contributed by atoms with E-state index in [4.69, 9.17) is 14.3 Å². The summed E-state index contributed by atoms with van der Waals surface area (Å²) < 4.78 is 11.5. The van der Waals surface area contributed by atoms with Crippen molar-refractivity contribution in [2.75, 3.05) is 13.2 Å². The maximum absolute atomic E-state index is 13.1. The molecule has 0 aromatic heterocycles. The first-order chi connectivity index (χ1) is 13.0. The lowest BCUT2D eigenvalue weighted by Gasteiger charge is -2.35. The summed E-state index contributed by atoms with van der Waals surface area (Å²) in [6.07, 6.45) is 1.04. The van der Waals surface area contributed by atoms with Gasteiger partial charge in [0.25, 0.3) is 0 Å². The molecule has 3 unspecified atom stereocenters. The Morgan fingerprint density at radius 2 is 2.26 bits per heavy atom. The molecule has 0 radical (unpaired) electrons. The zero-order chi connectivity index (χ0) is 19.4. The van der Waals surface area contributed by atoms with Gasteiger partial charge >= 0.3 is 5.97 Å². The third kappa shape index (κ3) is 4.48. The van der Waals surface area contributed by atoms with Crippen molar-refractivity contribution in [3.05, 3.63) is 27.9 Å². The number of hydrogen-bond donors (Lipinski definition) is 1. The van der Waals surface area contributed by atoms with Gasteiger partial charge in [-0.3, -0.25) is 0 Å². The number of aliphatic imine (C=N–C) groups is 1. The number of ether oxygens (including phenoxy) is 2. The molecule has 2 aliphatic rings. The molecule has 1 aromatic rings. The van der Waals surface area contributed by atoms with Crippen LogP contribution in [0.2, 0.25) is 0 Å². The molecule has 0 aliphatic carbocycles. The highest BCUT2D eigenvalue weighted by atomic mass is 79.9. The van der Waals surface area contributed by atoms with E-state index < -0.39 is 18.1 Å². The summed E-state index contributed by atoms with van der Waals surface area (Å²) in [5.41, 5.74) is 1.38. The van der Waals surface area contributed by atoms with Gasteiger partial charge in [-0.25, -0.2) is 9.79 Å². The van der Waals surface area contributed by atoms with E-state index in [0.29, 0.717) is 36.7 Å². The fourth-order valence-corrected chi connectivity index (χ4v) is 3.36. The highest BCUT2D eigenvalue weighted by molar-refractivity contribution is 9.10. The number of nitrogens with zero attached hydrogens (tertiary/aromatic N) is 2. The maximum atomic E-state index is 13.1. The fourth-order valence-electron chi connectivity index (χ4n) is 3.00. The van der Waals surface area contributed by atoms with Crippen LogP contribution < -0.4 is 5.06 Å². The van der Waals surface area contributed by atoms with Crippen LogP contribution in [-0.4, -0.2) is 42.9 Å². The number of esters is 1. The Labute approximate surface area is 165 Å². The lowest BCUT2D eigenvalue weighted by Crippen LogP contribution is -3.08. The van der Waals surface area contributed by atoms with Crippen molar-refractivity contribution < 1.29 is 24.2 Å². The summed E-state index contributed by atoms with van der Waals surface area (Å²) in [6, 6.07) is 4.82. The van der Waals surface area contributed by atoms with E-state index >= 15 is 0 Å². The SMILES string of the molecule is CCCOC1=Nc2ccc(Br)cc2[NH+]([O-])C1CC1CC(C(=O)OCC)=NO1. The van der Waals surface area contributed by atoms with Crippen LogP contribution in [0.5, 0.6) is 0 Å². The number of rotatable bonds is 6. The van der Waals surface area contributed by atoms with Gasteiger partial charge in [0.1, 0.15) is 11.8 Å². The van der Waals surface area contributed by atoms with E-state index in [0.717, 1.165) is 10.9 Å². The van der Waals surface area contributed by atoms with Gasteiger partial charge in [-0.1, -0.05) is 28.0 Å². The second kappa shape index (κ2) is 8.81. The van der Waals surface area contributed by atoms with Crippen LogP contribution in [0.3, 0.4) is 0 Å². The van der Waals surface area contributed by atoms with Crippen LogP contribution >= 0.6 is 15.9 Å². The van der Waals surface area contributed by atoms with Gasteiger partial charge in [-0.05, 0) is 25.5 Å². The molecule has 3 rings (SSSR count). The van der Waals surface area contributed by atoms with E-state index in [-0.39, 0.29) is 17.4 Å².